The first kappa shape index (κ1) is 14.8. The molecule has 3 aromatic heterocycles. The maximum atomic E-state index is 12.3. The van der Waals surface area contributed by atoms with Crippen molar-refractivity contribution in [2.24, 2.45) is 7.05 Å². The van der Waals surface area contributed by atoms with Gasteiger partial charge in [0.2, 0.25) is 5.95 Å². The van der Waals surface area contributed by atoms with E-state index >= 15 is 0 Å². The molecule has 0 unspecified atom stereocenters. The number of nitrogens with zero attached hydrogens (tertiary/aromatic N) is 4. The van der Waals surface area contributed by atoms with Gasteiger partial charge in [-0.3, -0.25) is 9.48 Å². The van der Waals surface area contributed by atoms with Crippen molar-refractivity contribution in [3.8, 4) is 11.5 Å². The summed E-state index contributed by atoms with van der Waals surface area (Å²) in [5, 5.41) is 6.82. The third kappa shape index (κ3) is 3.20. The zero-order valence-electron chi connectivity index (χ0n) is 12.8. The number of carbonyl (C=O) groups is 1. The van der Waals surface area contributed by atoms with Gasteiger partial charge in [-0.15, -0.1) is 0 Å². The maximum Gasteiger partial charge on any atom is 0.270 e. The first-order valence-corrected chi connectivity index (χ1v) is 6.99. The normalized spacial score (nSPS) is 10.7. The number of amides is 1. The summed E-state index contributed by atoms with van der Waals surface area (Å²) >= 11 is 0. The maximum absolute atomic E-state index is 12.3. The second-order valence-corrected chi connectivity index (χ2v) is 5.04. The molecule has 8 nitrogen and oxygen atoms in total. The van der Waals surface area contributed by atoms with Crippen molar-refractivity contribution in [2.75, 3.05) is 5.73 Å². The van der Waals surface area contributed by atoms with E-state index in [1.807, 2.05) is 26.1 Å². The third-order valence-electron chi connectivity index (χ3n) is 3.32. The predicted octanol–water partition coefficient (Wildman–Crippen LogP) is 1.29. The zero-order chi connectivity index (χ0) is 16.4. The fourth-order valence-electron chi connectivity index (χ4n) is 2.12. The van der Waals surface area contributed by atoms with E-state index in [1.54, 1.807) is 23.0 Å². The first-order valence-electron chi connectivity index (χ1n) is 6.99. The highest BCUT2D eigenvalue weighted by Crippen LogP contribution is 2.21. The van der Waals surface area contributed by atoms with Crippen molar-refractivity contribution in [3.05, 3.63) is 47.6 Å². The molecule has 0 aliphatic carbocycles. The van der Waals surface area contributed by atoms with Crippen LogP contribution >= 0.6 is 0 Å². The third-order valence-corrected chi connectivity index (χ3v) is 3.32. The van der Waals surface area contributed by atoms with E-state index in [0.717, 1.165) is 11.5 Å². The second kappa shape index (κ2) is 5.91. The van der Waals surface area contributed by atoms with Gasteiger partial charge in [0.1, 0.15) is 17.1 Å². The Bertz CT molecular complexity index is 851. The van der Waals surface area contributed by atoms with Gasteiger partial charge in [0.05, 0.1) is 12.2 Å². The van der Waals surface area contributed by atoms with Gasteiger partial charge in [0, 0.05) is 13.2 Å². The number of furan rings is 1. The number of rotatable bonds is 4. The molecule has 0 fully saturated rings. The Morgan fingerprint density at radius 2 is 2.17 bits per heavy atom. The van der Waals surface area contributed by atoms with Gasteiger partial charge in [-0.05, 0) is 31.2 Å². The van der Waals surface area contributed by atoms with Gasteiger partial charge in [0.15, 0.2) is 5.76 Å². The van der Waals surface area contributed by atoms with Gasteiger partial charge < -0.3 is 15.5 Å². The predicted molar refractivity (Wildman–Crippen MR) is 83.3 cm³/mol. The molecule has 0 aliphatic rings. The molecule has 0 bridgehead atoms. The molecule has 0 radical (unpaired) electrons. The number of nitrogens with two attached hydrogens (primary N) is 1. The van der Waals surface area contributed by atoms with Crippen LogP contribution in [0.1, 0.15) is 21.9 Å². The molecule has 3 N–H and O–H groups in total. The zero-order valence-corrected chi connectivity index (χ0v) is 12.8. The molecule has 118 valence electrons. The molecule has 3 heterocycles. The lowest BCUT2D eigenvalue weighted by atomic mass is 10.2. The summed E-state index contributed by atoms with van der Waals surface area (Å²) < 4.78 is 7.19. The quantitative estimate of drug-likeness (QED) is 0.750. The second-order valence-electron chi connectivity index (χ2n) is 5.04. The summed E-state index contributed by atoms with van der Waals surface area (Å²) in [6.45, 7) is 2.17. The van der Waals surface area contributed by atoms with Crippen LogP contribution in [0.2, 0.25) is 0 Å². The van der Waals surface area contributed by atoms with Gasteiger partial charge in [-0.2, -0.15) is 5.10 Å². The number of hydrogen-bond acceptors (Lipinski definition) is 6. The standard InChI is InChI=1S/C15H16N6O2/c1-9-3-4-13(23-9)11-7-12(20-15(16)19-11)14(22)17-8-10-5-6-18-21(10)2/h3-7H,8H2,1-2H3,(H,17,22)(H2,16,19,20). The van der Waals surface area contributed by atoms with Crippen LogP contribution in [0.15, 0.2) is 34.9 Å². The number of nitrogen functional groups attached to an aromatic ring is 1. The smallest absolute Gasteiger partial charge is 0.270 e. The molecule has 8 heteroatoms. The fourth-order valence-corrected chi connectivity index (χ4v) is 2.12. The fraction of sp³-hybridized carbons (Fsp3) is 0.200. The van der Waals surface area contributed by atoms with Crippen molar-refractivity contribution in [1.29, 1.82) is 0 Å². The van der Waals surface area contributed by atoms with Crippen molar-refractivity contribution in [2.45, 2.75) is 13.5 Å². The Labute approximate surface area is 132 Å². The summed E-state index contributed by atoms with van der Waals surface area (Å²) in [6.07, 6.45) is 1.67. The summed E-state index contributed by atoms with van der Waals surface area (Å²) in [5.41, 5.74) is 7.23. The van der Waals surface area contributed by atoms with Crippen LogP contribution in [-0.2, 0) is 13.6 Å². The van der Waals surface area contributed by atoms with Crippen LogP contribution in [0.5, 0.6) is 0 Å². The highest BCUT2D eigenvalue weighted by Gasteiger charge is 2.14. The minimum atomic E-state index is -0.343. The van der Waals surface area contributed by atoms with Crippen molar-refractivity contribution in [3.63, 3.8) is 0 Å². The van der Waals surface area contributed by atoms with Crippen molar-refractivity contribution < 1.29 is 9.21 Å². The molecule has 0 saturated carbocycles. The van der Waals surface area contributed by atoms with Crippen molar-refractivity contribution in [1.82, 2.24) is 25.1 Å². The van der Waals surface area contributed by atoms with E-state index in [9.17, 15) is 4.79 Å². The molecular weight excluding hydrogens is 296 g/mol. The Hall–Kier alpha value is -3.16. The molecule has 23 heavy (non-hydrogen) atoms. The van der Waals surface area contributed by atoms with Gasteiger partial charge in [0.25, 0.3) is 5.91 Å². The van der Waals surface area contributed by atoms with Gasteiger partial charge >= 0.3 is 0 Å². The van der Waals surface area contributed by atoms with E-state index in [0.29, 0.717) is 18.0 Å². The average Bonchev–Trinajstić information content (AvgIpc) is 3.13. The van der Waals surface area contributed by atoms with Gasteiger partial charge in [-0.1, -0.05) is 0 Å². The minimum absolute atomic E-state index is 0.0160. The van der Waals surface area contributed by atoms with Crippen LogP contribution in [0.4, 0.5) is 5.95 Å². The number of aryl methyl sites for hydroxylation is 2. The molecule has 1 amide bonds. The van der Waals surface area contributed by atoms with Crippen molar-refractivity contribution >= 4 is 11.9 Å². The van der Waals surface area contributed by atoms with E-state index in [-0.39, 0.29) is 17.5 Å². The van der Waals surface area contributed by atoms with Crippen LogP contribution in [0.25, 0.3) is 11.5 Å². The Kier molecular flexibility index (Phi) is 3.80. The van der Waals surface area contributed by atoms with E-state index in [2.05, 4.69) is 20.4 Å². The SMILES string of the molecule is Cc1ccc(-c2cc(C(=O)NCc3ccnn3C)nc(N)n2)o1. The monoisotopic (exact) mass is 312 g/mol. The molecular formula is C15H16N6O2. The number of hydrogen-bond donors (Lipinski definition) is 2. The number of aromatic nitrogens is 4. The topological polar surface area (TPSA) is 112 Å². The highest BCUT2D eigenvalue weighted by molar-refractivity contribution is 5.93. The van der Waals surface area contributed by atoms with E-state index in [1.165, 1.54) is 0 Å². The molecule has 3 aromatic rings. The lowest BCUT2D eigenvalue weighted by Gasteiger charge is -2.06. The van der Waals surface area contributed by atoms with Crippen LogP contribution in [0.3, 0.4) is 0 Å². The molecule has 0 aliphatic heterocycles. The number of carbonyl (C=O) groups excluding carboxylic acids is 1. The van der Waals surface area contributed by atoms with E-state index < -0.39 is 0 Å². The average molecular weight is 312 g/mol. The van der Waals surface area contributed by atoms with Crippen LogP contribution in [-0.4, -0.2) is 25.7 Å². The molecule has 0 atom stereocenters. The van der Waals surface area contributed by atoms with Crippen LogP contribution in [0, 0.1) is 6.92 Å². The summed E-state index contributed by atoms with van der Waals surface area (Å²) in [7, 11) is 1.81. The largest absolute Gasteiger partial charge is 0.460 e. The minimum Gasteiger partial charge on any atom is -0.460 e. The molecule has 0 aromatic carbocycles. The van der Waals surface area contributed by atoms with Gasteiger partial charge in [-0.25, -0.2) is 9.97 Å². The Balaban J connectivity index is 1.80. The number of nitrogens with one attached hydrogen (secondary N) is 1. The molecule has 3 rings (SSSR count). The highest BCUT2D eigenvalue weighted by atomic mass is 16.3. The summed E-state index contributed by atoms with van der Waals surface area (Å²) in [6, 6.07) is 6.96. The first-order chi connectivity index (χ1) is 11.0. The Morgan fingerprint density at radius 1 is 1.35 bits per heavy atom. The lowest BCUT2D eigenvalue weighted by molar-refractivity contribution is 0.0945. The molecule has 0 saturated heterocycles. The number of anilines is 1. The van der Waals surface area contributed by atoms with Crippen LogP contribution < -0.4 is 11.1 Å². The Morgan fingerprint density at radius 3 is 2.83 bits per heavy atom. The molecule has 0 spiro atoms. The van der Waals surface area contributed by atoms with E-state index in [4.69, 9.17) is 10.2 Å². The summed E-state index contributed by atoms with van der Waals surface area (Å²) in [4.78, 5) is 20.4. The summed E-state index contributed by atoms with van der Waals surface area (Å²) in [5.74, 6) is 0.962. The lowest BCUT2D eigenvalue weighted by Crippen LogP contribution is -2.25.